The standard InChI is InChI=1S/C28H42N4O5/c1-9-12-18(4)30-25(34)24(21-15-13-20(11-3)14-16-21)32(19(5)10-2)26(35)22(17-23(29)33)31-27(36)37-28(6,7)8/h3,13-16,18-19,22,24H,9-10,12,17H2,1-2,4-8H3,(H2,29,33)(H,30,34)(H,31,36). The molecule has 1 rings (SSSR count). The summed E-state index contributed by atoms with van der Waals surface area (Å²) in [6.45, 7) is 12.6. The SMILES string of the molecule is C#Cc1ccc(C(C(=O)NC(C)CCC)N(C(=O)C(CC(N)=O)NC(=O)OC(C)(C)C)C(C)CC)cc1. The third kappa shape index (κ3) is 10.2. The van der Waals surface area contributed by atoms with Gasteiger partial charge in [0.1, 0.15) is 17.7 Å². The molecule has 0 bridgehead atoms. The normalized spacial score (nSPS) is 14.3. The van der Waals surface area contributed by atoms with Crippen molar-refractivity contribution >= 4 is 23.8 Å². The van der Waals surface area contributed by atoms with Crippen LogP contribution in [0.2, 0.25) is 0 Å². The number of nitrogens with two attached hydrogens (primary N) is 1. The number of hydrogen-bond acceptors (Lipinski definition) is 5. The molecule has 9 heteroatoms. The van der Waals surface area contributed by atoms with Crippen molar-refractivity contribution in [3.8, 4) is 12.3 Å². The Morgan fingerprint density at radius 1 is 1.08 bits per heavy atom. The van der Waals surface area contributed by atoms with Gasteiger partial charge in [0.25, 0.3) is 0 Å². The first kappa shape index (κ1) is 31.5. The van der Waals surface area contributed by atoms with Gasteiger partial charge in [-0.1, -0.05) is 38.3 Å². The second-order valence-corrected chi connectivity index (χ2v) is 10.2. The van der Waals surface area contributed by atoms with Crippen molar-refractivity contribution < 1.29 is 23.9 Å². The summed E-state index contributed by atoms with van der Waals surface area (Å²) in [5.41, 5.74) is 5.77. The van der Waals surface area contributed by atoms with Gasteiger partial charge in [0.15, 0.2) is 0 Å². The molecule has 4 amide bonds. The van der Waals surface area contributed by atoms with Gasteiger partial charge in [0.2, 0.25) is 17.7 Å². The summed E-state index contributed by atoms with van der Waals surface area (Å²) in [7, 11) is 0. The van der Waals surface area contributed by atoms with E-state index in [9.17, 15) is 19.2 Å². The number of primary amides is 1. The van der Waals surface area contributed by atoms with Crippen molar-refractivity contribution in [2.24, 2.45) is 5.73 Å². The Kier molecular flexibility index (Phi) is 12.1. The van der Waals surface area contributed by atoms with Gasteiger partial charge < -0.3 is 26.0 Å². The van der Waals surface area contributed by atoms with Gasteiger partial charge in [-0.15, -0.1) is 6.42 Å². The predicted octanol–water partition coefficient (Wildman–Crippen LogP) is 3.41. The van der Waals surface area contributed by atoms with E-state index >= 15 is 0 Å². The monoisotopic (exact) mass is 514 g/mol. The lowest BCUT2D eigenvalue weighted by Gasteiger charge is -2.38. The third-order valence-electron chi connectivity index (χ3n) is 5.74. The zero-order valence-electron chi connectivity index (χ0n) is 23.1. The van der Waals surface area contributed by atoms with E-state index in [-0.39, 0.29) is 11.9 Å². The fourth-order valence-corrected chi connectivity index (χ4v) is 3.85. The van der Waals surface area contributed by atoms with Crippen LogP contribution in [0.3, 0.4) is 0 Å². The zero-order valence-corrected chi connectivity index (χ0v) is 23.1. The van der Waals surface area contributed by atoms with Crippen LogP contribution in [0.1, 0.15) is 91.3 Å². The molecular formula is C28H42N4O5. The molecule has 0 aliphatic heterocycles. The number of carbonyl (C=O) groups excluding carboxylic acids is 4. The van der Waals surface area contributed by atoms with Crippen LogP contribution in [-0.2, 0) is 19.1 Å². The Bertz CT molecular complexity index is 978. The fourth-order valence-electron chi connectivity index (χ4n) is 3.85. The molecule has 9 nitrogen and oxygen atoms in total. The average molecular weight is 515 g/mol. The molecule has 0 heterocycles. The van der Waals surface area contributed by atoms with Crippen LogP contribution >= 0.6 is 0 Å². The topological polar surface area (TPSA) is 131 Å². The maximum absolute atomic E-state index is 14.0. The van der Waals surface area contributed by atoms with Crippen LogP contribution in [0, 0.1) is 12.3 Å². The number of nitrogens with one attached hydrogen (secondary N) is 2. The summed E-state index contributed by atoms with van der Waals surface area (Å²) in [4.78, 5) is 53.4. The zero-order chi connectivity index (χ0) is 28.3. The number of alkyl carbamates (subject to hydrolysis) is 1. The van der Waals surface area contributed by atoms with Gasteiger partial charge in [0.05, 0.1) is 6.42 Å². The molecule has 37 heavy (non-hydrogen) atoms. The quantitative estimate of drug-likeness (QED) is 0.368. The molecule has 0 radical (unpaired) electrons. The number of ether oxygens (including phenoxy) is 1. The Morgan fingerprint density at radius 3 is 2.14 bits per heavy atom. The van der Waals surface area contributed by atoms with Crippen LogP contribution in [0.4, 0.5) is 4.79 Å². The number of terminal acetylenes is 1. The summed E-state index contributed by atoms with van der Waals surface area (Å²) in [5, 5.41) is 5.47. The summed E-state index contributed by atoms with van der Waals surface area (Å²) >= 11 is 0. The van der Waals surface area contributed by atoms with E-state index < -0.39 is 48.1 Å². The van der Waals surface area contributed by atoms with E-state index in [1.165, 1.54) is 4.90 Å². The van der Waals surface area contributed by atoms with Gasteiger partial charge in [-0.3, -0.25) is 14.4 Å². The minimum absolute atomic E-state index is 0.125. The number of rotatable bonds is 12. The molecule has 0 aromatic heterocycles. The Labute approximate surface area is 220 Å². The lowest BCUT2D eigenvalue weighted by atomic mass is 9.98. The van der Waals surface area contributed by atoms with Gasteiger partial charge in [-0.2, -0.15) is 0 Å². The molecule has 0 aliphatic rings. The van der Waals surface area contributed by atoms with E-state index in [1.54, 1.807) is 52.0 Å². The van der Waals surface area contributed by atoms with Crippen molar-refractivity contribution in [3.63, 3.8) is 0 Å². The Hall–Kier alpha value is -3.54. The second-order valence-electron chi connectivity index (χ2n) is 10.2. The number of carbonyl (C=O) groups is 4. The molecule has 0 saturated carbocycles. The first-order valence-corrected chi connectivity index (χ1v) is 12.7. The summed E-state index contributed by atoms with van der Waals surface area (Å²) < 4.78 is 5.29. The maximum Gasteiger partial charge on any atom is 0.408 e. The van der Waals surface area contributed by atoms with Crippen molar-refractivity contribution in [2.45, 2.75) is 104 Å². The van der Waals surface area contributed by atoms with E-state index in [2.05, 4.69) is 16.6 Å². The first-order valence-electron chi connectivity index (χ1n) is 12.7. The molecule has 1 aromatic carbocycles. The highest BCUT2D eigenvalue weighted by molar-refractivity contribution is 5.94. The largest absolute Gasteiger partial charge is 0.444 e. The van der Waals surface area contributed by atoms with Crippen LogP contribution in [0.25, 0.3) is 0 Å². The van der Waals surface area contributed by atoms with E-state index in [0.29, 0.717) is 17.5 Å². The highest BCUT2D eigenvalue weighted by Gasteiger charge is 2.39. The number of nitrogens with zero attached hydrogens (tertiary/aromatic N) is 1. The van der Waals surface area contributed by atoms with Crippen LogP contribution in [-0.4, -0.2) is 52.4 Å². The predicted molar refractivity (Wildman–Crippen MR) is 143 cm³/mol. The smallest absolute Gasteiger partial charge is 0.408 e. The molecule has 4 atom stereocenters. The Balaban J connectivity index is 3.57. The highest BCUT2D eigenvalue weighted by atomic mass is 16.6. The molecule has 0 spiro atoms. The summed E-state index contributed by atoms with van der Waals surface area (Å²) in [6.07, 6.45) is 6.32. The fraction of sp³-hybridized carbons (Fsp3) is 0.571. The molecule has 0 fully saturated rings. The van der Waals surface area contributed by atoms with E-state index in [0.717, 1.165) is 12.8 Å². The van der Waals surface area contributed by atoms with Gasteiger partial charge in [0, 0.05) is 17.6 Å². The number of amides is 4. The van der Waals surface area contributed by atoms with Gasteiger partial charge >= 0.3 is 6.09 Å². The molecule has 0 saturated heterocycles. The highest BCUT2D eigenvalue weighted by Crippen LogP contribution is 2.27. The van der Waals surface area contributed by atoms with Crippen LogP contribution in [0.5, 0.6) is 0 Å². The first-order chi connectivity index (χ1) is 17.2. The molecule has 204 valence electrons. The minimum atomic E-state index is -1.32. The minimum Gasteiger partial charge on any atom is -0.444 e. The van der Waals surface area contributed by atoms with Gasteiger partial charge in [-0.05, 0) is 65.2 Å². The Morgan fingerprint density at radius 2 is 1.68 bits per heavy atom. The van der Waals surface area contributed by atoms with Crippen molar-refractivity contribution in [1.29, 1.82) is 0 Å². The van der Waals surface area contributed by atoms with Crippen LogP contribution in [0.15, 0.2) is 24.3 Å². The average Bonchev–Trinajstić information content (AvgIpc) is 2.79. The lowest BCUT2D eigenvalue weighted by molar-refractivity contribution is -0.146. The number of hydrogen-bond donors (Lipinski definition) is 3. The molecule has 1 aromatic rings. The van der Waals surface area contributed by atoms with E-state index in [1.807, 2.05) is 20.8 Å². The molecule has 0 aliphatic carbocycles. The molecule has 4 N–H and O–H groups in total. The molecular weight excluding hydrogens is 472 g/mol. The van der Waals surface area contributed by atoms with Crippen molar-refractivity contribution in [3.05, 3.63) is 35.4 Å². The molecule has 4 unspecified atom stereocenters. The lowest BCUT2D eigenvalue weighted by Crippen LogP contribution is -2.56. The van der Waals surface area contributed by atoms with Crippen LogP contribution < -0.4 is 16.4 Å². The third-order valence-corrected chi connectivity index (χ3v) is 5.74. The maximum atomic E-state index is 14.0. The van der Waals surface area contributed by atoms with E-state index in [4.69, 9.17) is 16.9 Å². The number of benzene rings is 1. The second kappa shape index (κ2) is 14.3. The van der Waals surface area contributed by atoms with Crippen molar-refractivity contribution in [2.75, 3.05) is 0 Å². The summed E-state index contributed by atoms with van der Waals surface area (Å²) in [6, 6.07) is 3.90. The summed E-state index contributed by atoms with van der Waals surface area (Å²) in [5.74, 6) is 0.762. The van der Waals surface area contributed by atoms with Gasteiger partial charge in [-0.25, -0.2) is 4.79 Å². The van der Waals surface area contributed by atoms with Crippen molar-refractivity contribution in [1.82, 2.24) is 15.5 Å².